The number of carbonyl (C=O) groups excluding carboxylic acids is 1. The summed E-state index contributed by atoms with van der Waals surface area (Å²) in [6.45, 7) is 0.612. The second kappa shape index (κ2) is 7.24. The number of H-pyrrole nitrogens is 1. The average molecular weight is 366 g/mol. The zero-order valence-corrected chi connectivity index (χ0v) is 15.1. The third-order valence-corrected chi connectivity index (χ3v) is 4.79. The monoisotopic (exact) mass is 366 g/mol. The number of nitrogens with zero attached hydrogens (tertiary/aromatic N) is 3. The van der Waals surface area contributed by atoms with E-state index in [0.717, 1.165) is 22.5 Å². The molecule has 3 aromatic rings. The molecule has 8 nitrogen and oxygen atoms in total. The molecule has 27 heavy (non-hydrogen) atoms. The van der Waals surface area contributed by atoms with E-state index in [1.807, 2.05) is 25.2 Å². The lowest BCUT2D eigenvalue weighted by Crippen LogP contribution is -2.20. The minimum absolute atomic E-state index is 0.263. The minimum atomic E-state index is -0.367. The van der Waals surface area contributed by atoms with Gasteiger partial charge in [0.2, 0.25) is 0 Å². The second-order valence-electron chi connectivity index (χ2n) is 6.76. The SMILES string of the molecule is CNc1cccc(Cn2cc(NC(=O)c3n[nH]c4c3CCC(O)C4)cn2)c1. The average Bonchev–Trinajstić information content (AvgIpc) is 3.28. The number of aliphatic hydroxyl groups excluding tert-OH is 1. The van der Waals surface area contributed by atoms with Crippen LogP contribution in [0.5, 0.6) is 0 Å². The number of nitrogens with one attached hydrogen (secondary N) is 3. The minimum Gasteiger partial charge on any atom is -0.393 e. The first kappa shape index (κ1) is 17.3. The third kappa shape index (κ3) is 3.70. The van der Waals surface area contributed by atoms with Gasteiger partial charge in [0.15, 0.2) is 5.69 Å². The van der Waals surface area contributed by atoms with E-state index >= 15 is 0 Å². The van der Waals surface area contributed by atoms with E-state index in [1.54, 1.807) is 17.1 Å². The fraction of sp³-hybridized carbons (Fsp3) is 0.316. The van der Waals surface area contributed by atoms with E-state index in [1.165, 1.54) is 0 Å². The zero-order valence-electron chi connectivity index (χ0n) is 15.1. The Bertz CT molecular complexity index is 961. The molecule has 0 bridgehead atoms. The summed E-state index contributed by atoms with van der Waals surface area (Å²) in [4.78, 5) is 12.6. The van der Waals surface area contributed by atoms with Crippen molar-refractivity contribution in [1.82, 2.24) is 20.0 Å². The summed E-state index contributed by atoms with van der Waals surface area (Å²) in [5.41, 5.74) is 4.92. The van der Waals surface area contributed by atoms with Crippen molar-refractivity contribution < 1.29 is 9.90 Å². The highest BCUT2D eigenvalue weighted by Gasteiger charge is 2.25. The van der Waals surface area contributed by atoms with Crippen LogP contribution in [0.3, 0.4) is 0 Å². The molecule has 0 spiro atoms. The number of anilines is 2. The standard InChI is InChI=1S/C19H22N6O2/c1-20-13-4-2-3-12(7-13)10-25-11-14(9-21-25)22-19(27)18-16-6-5-15(26)8-17(16)23-24-18/h2-4,7,9,11,15,20,26H,5-6,8,10H2,1H3,(H,22,27)(H,23,24). The number of hydrogen-bond donors (Lipinski definition) is 4. The number of aromatic nitrogens is 4. The lowest BCUT2D eigenvalue weighted by molar-refractivity contribution is 0.102. The quantitative estimate of drug-likeness (QED) is 0.551. The van der Waals surface area contributed by atoms with Crippen molar-refractivity contribution in [3.8, 4) is 0 Å². The molecular weight excluding hydrogens is 344 g/mol. The Hall–Kier alpha value is -3.13. The molecule has 0 fully saturated rings. The van der Waals surface area contributed by atoms with Gasteiger partial charge < -0.3 is 15.7 Å². The van der Waals surface area contributed by atoms with Crippen molar-refractivity contribution in [2.24, 2.45) is 0 Å². The molecule has 2 heterocycles. The molecule has 0 aliphatic heterocycles. The van der Waals surface area contributed by atoms with Crippen LogP contribution in [0.15, 0.2) is 36.7 Å². The molecule has 0 saturated carbocycles. The van der Waals surface area contributed by atoms with Crippen LogP contribution < -0.4 is 10.6 Å². The van der Waals surface area contributed by atoms with Crippen LogP contribution in [0.4, 0.5) is 11.4 Å². The van der Waals surface area contributed by atoms with Crippen LogP contribution in [-0.4, -0.2) is 44.1 Å². The van der Waals surface area contributed by atoms with Crippen LogP contribution in [0.25, 0.3) is 0 Å². The maximum absolute atomic E-state index is 12.6. The van der Waals surface area contributed by atoms with E-state index in [9.17, 15) is 9.90 Å². The van der Waals surface area contributed by atoms with E-state index in [2.05, 4.69) is 32.0 Å². The van der Waals surface area contributed by atoms with Gasteiger partial charge >= 0.3 is 0 Å². The molecular formula is C19H22N6O2. The summed E-state index contributed by atoms with van der Waals surface area (Å²) in [5, 5.41) is 27.0. The van der Waals surface area contributed by atoms with Crippen molar-refractivity contribution in [2.45, 2.75) is 31.9 Å². The Morgan fingerprint density at radius 3 is 3.15 bits per heavy atom. The number of carbonyl (C=O) groups is 1. The Kier molecular flexibility index (Phi) is 4.64. The number of amides is 1. The van der Waals surface area contributed by atoms with Crippen molar-refractivity contribution in [1.29, 1.82) is 0 Å². The van der Waals surface area contributed by atoms with Gasteiger partial charge in [0.1, 0.15) is 0 Å². The van der Waals surface area contributed by atoms with Gasteiger partial charge in [0.25, 0.3) is 5.91 Å². The largest absolute Gasteiger partial charge is 0.393 e. The van der Waals surface area contributed by atoms with Crippen molar-refractivity contribution in [3.63, 3.8) is 0 Å². The molecule has 1 aromatic carbocycles. The summed E-state index contributed by atoms with van der Waals surface area (Å²) in [7, 11) is 1.88. The fourth-order valence-electron chi connectivity index (χ4n) is 3.39. The first-order valence-corrected chi connectivity index (χ1v) is 8.97. The molecule has 2 aromatic heterocycles. The van der Waals surface area contributed by atoms with Gasteiger partial charge in [-0.05, 0) is 30.5 Å². The number of benzene rings is 1. The maximum atomic E-state index is 12.6. The normalized spacial score (nSPS) is 16.0. The lowest BCUT2D eigenvalue weighted by Gasteiger charge is -2.16. The van der Waals surface area contributed by atoms with E-state index in [0.29, 0.717) is 37.2 Å². The van der Waals surface area contributed by atoms with E-state index in [-0.39, 0.29) is 12.0 Å². The van der Waals surface area contributed by atoms with Crippen LogP contribution in [0.2, 0.25) is 0 Å². The lowest BCUT2D eigenvalue weighted by atomic mass is 9.93. The first-order chi connectivity index (χ1) is 13.1. The molecule has 140 valence electrons. The van der Waals surface area contributed by atoms with Gasteiger partial charge in [-0.3, -0.25) is 14.6 Å². The van der Waals surface area contributed by atoms with Crippen LogP contribution in [-0.2, 0) is 19.4 Å². The van der Waals surface area contributed by atoms with Crippen LogP contribution in [0.1, 0.15) is 33.7 Å². The van der Waals surface area contributed by atoms with E-state index in [4.69, 9.17) is 0 Å². The predicted molar refractivity (Wildman–Crippen MR) is 102 cm³/mol. The van der Waals surface area contributed by atoms with E-state index < -0.39 is 0 Å². The molecule has 0 saturated heterocycles. The maximum Gasteiger partial charge on any atom is 0.276 e. The van der Waals surface area contributed by atoms with Crippen molar-refractivity contribution in [3.05, 3.63) is 59.2 Å². The summed E-state index contributed by atoms with van der Waals surface area (Å²) in [6.07, 6.45) is 4.87. The smallest absolute Gasteiger partial charge is 0.276 e. The van der Waals surface area contributed by atoms with Gasteiger partial charge in [-0.15, -0.1) is 0 Å². The van der Waals surface area contributed by atoms with Crippen LogP contribution >= 0.6 is 0 Å². The second-order valence-corrected chi connectivity index (χ2v) is 6.76. The molecule has 4 rings (SSSR count). The summed E-state index contributed by atoms with van der Waals surface area (Å²) < 4.78 is 1.78. The Morgan fingerprint density at radius 1 is 1.41 bits per heavy atom. The molecule has 1 aliphatic rings. The van der Waals surface area contributed by atoms with Gasteiger partial charge in [-0.2, -0.15) is 10.2 Å². The number of aliphatic hydroxyl groups is 1. The Morgan fingerprint density at radius 2 is 2.30 bits per heavy atom. The molecule has 1 aliphatic carbocycles. The van der Waals surface area contributed by atoms with Gasteiger partial charge in [-0.1, -0.05) is 12.1 Å². The van der Waals surface area contributed by atoms with Gasteiger partial charge in [-0.25, -0.2) is 0 Å². The van der Waals surface area contributed by atoms with Gasteiger partial charge in [0.05, 0.1) is 24.5 Å². The van der Waals surface area contributed by atoms with Crippen molar-refractivity contribution >= 4 is 17.3 Å². The summed E-state index contributed by atoms with van der Waals surface area (Å²) in [6, 6.07) is 8.09. The summed E-state index contributed by atoms with van der Waals surface area (Å²) >= 11 is 0. The number of hydrogen-bond acceptors (Lipinski definition) is 5. The molecule has 1 atom stereocenters. The molecule has 1 amide bonds. The molecule has 8 heteroatoms. The fourth-order valence-corrected chi connectivity index (χ4v) is 3.39. The Balaban J connectivity index is 1.44. The van der Waals surface area contributed by atoms with Gasteiger partial charge in [0, 0.05) is 36.6 Å². The highest BCUT2D eigenvalue weighted by atomic mass is 16.3. The Labute approximate surface area is 156 Å². The molecule has 4 N–H and O–H groups in total. The highest BCUT2D eigenvalue weighted by molar-refractivity contribution is 6.03. The number of aromatic amines is 1. The number of fused-ring (bicyclic) bond motifs is 1. The summed E-state index contributed by atoms with van der Waals surface area (Å²) in [5.74, 6) is -0.263. The first-order valence-electron chi connectivity index (χ1n) is 8.97. The topological polar surface area (TPSA) is 108 Å². The number of rotatable bonds is 5. The predicted octanol–water partition coefficient (Wildman–Crippen LogP) is 1.80. The van der Waals surface area contributed by atoms with Crippen LogP contribution in [0, 0.1) is 0 Å². The zero-order chi connectivity index (χ0) is 18.8. The molecule has 0 radical (unpaired) electrons. The third-order valence-electron chi connectivity index (χ3n) is 4.79. The molecule has 1 unspecified atom stereocenters. The highest BCUT2D eigenvalue weighted by Crippen LogP contribution is 2.23. The van der Waals surface area contributed by atoms with Crippen molar-refractivity contribution in [2.75, 3.05) is 17.7 Å².